The number of amides is 1. The number of carbonyl (C=O) groups excluding carboxylic acids is 1. The van der Waals surface area contributed by atoms with Crippen molar-refractivity contribution in [3.63, 3.8) is 0 Å². The Morgan fingerprint density at radius 3 is 2.64 bits per heavy atom. The monoisotopic (exact) mass is 343 g/mol. The summed E-state index contributed by atoms with van der Waals surface area (Å²) >= 11 is 0. The summed E-state index contributed by atoms with van der Waals surface area (Å²) in [6, 6.07) is 3.82. The minimum atomic E-state index is 0.191. The molecule has 1 saturated heterocycles. The maximum Gasteiger partial charge on any atom is 0.222 e. The van der Waals surface area contributed by atoms with Crippen LogP contribution in [-0.2, 0) is 4.79 Å². The second kappa shape index (κ2) is 7.16. The second-order valence-electron chi connectivity index (χ2n) is 7.57. The highest BCUT2D eigenvalue weighted by Crippen LogP contribution is 2.23. The van der Waals surface area contributed by atoms with Crippen LogP contribution >= 0.6 is 0 Å². The lowest BCUT2D eigenvalue weighted by Crippen LogP contribution is -2.49. The largest absolute Gasteiger partial charge is 0.353 e. The molecule has 1 N–H and O–H groups in total. The molecule has 2 aromatic rings. The standard InChI is InChI=1S/C17H25N7O/c1-17(2,3)6-4-15(25)24-10-8-23(9-11-24)14-12-13(5-7-18-14)16-19-21-22-20-16/h5,7,12H,4,6,8-11H2,1-3H3,(H,19,20,21,22). The van der Waals surface area contributed by atoms with E-state index in [-0.39, 0.29) is 11.3 Å². The molecule has 3 rings (SSSR count). The Labute approximate surface area is 147 Å². The Balaban J connectivity index is 1.57. The van der Waals surface area contributed by atoms with Gasteiger partial charge in [0.1, 0.15) is 5.82 Å². The normalized spacial score (nSPS) is 15.5. The van der Waals surface area contributed by atoms with Crippen LogP contribution in [0.3, 0.4) is 0 Å². The molecule has 1 fully saturated rings. The van der Waals surface area contributed by atoms with Crippen molar-refractivity contribution in [3.8, 4) is 11.4 Å². The molecule has 1 aliphatic rings. The summed E-state index contributed by atoms with van der Waals surface area (Å²) in [4.78, 5) is 21.0. The lowest BCUT2D eigenvalue weighted by Gasteiger charge is -2.36. The molecular weight excluding hydrogens is 318 g/mol. The van der Waals surface area contributed by atoms with E-state index in [0.29, 0.717) is 12.2 Å². The molecule has 1 aliphatic heterocycles. The van der Waals surface area contributed by atoms with Crippen molar-refractivity contribution >= 4 is 11.7 Å². The van der Waals surface area contributed by atoms with Crippen LogP contribution in [0, 0.1) is 5.41 Å². The molecule has 0 radical (unpaired) electrons. The summed E-state index contributed by atoms with van der Waals surface area (Å²) in [5.41, 5.74) is 1.07. The van der Waals surface area contributed by atoms with E-state index in [9.17, 15) is 4.79 Å². The third-order valence-electron chi connectivity index (χ3n) is 4.39. The predicted octanol–water partition coefficient (Wildman–Crippen LogP) is 1.74. The lowest BCUT2D eigenvalue weighted by atomic mass is 9.90. The fourth-order valence-electron chi connectivity index (χ4n) is 2.84. The fourth-order valence-corrected chi connectivity index (χ4v) is 2.84. The number of pyridine rings is 1. The van der Waals surface area contributed by atoms with Gasteiger partial charge in [-0.05, 0) is 29.2 Å². The molecule has 1 amide bonds. The number of H-pyrrole nitrogens is 1. The van der Waals surface area contributed by atoms with Crippen LogP contribution in [0.2, 0.25) is 0 Å². The number of hydrogen-bond donors (Lipinski definition) is 1. The Kier molecular flexibility index (Phi) is 4.96. The van der Waals surface area contributed by atoms with Crippen LogP contribution in [0.4, 0.5) is 5.82 Å². The molecule has 0 aliphatic carbocycles. The maximum absolute atomic E-state index is 12.4. The topological polar surface area (TPSA) is 90.9 Å². The molecular formula is C17H25N7O. The van der Waals surface area contributed by atoms with Gasteiger partial charge < -0.3 is 9.80 Å². The van der Waals surface area contributed by atoms with E-state index in [4.69, 9.17) is 0 Å². The molecule has 0 spiro atoms. The van der Waals surface area contributed by atoms with Crippen molar-refractivity contribution in [3.05, 3.63) is 18.3 Å². The van der Waals surface area contributed by atoms with E-state index in [2.05, 4.69) is 51.3 Å². The first-order chi connectivity index (χ1) is 11.9. The SMILES string of the molecule is CC(C)(C)CCC(=O)N1CCN(c2cc(-c3nn[nH]n3)ccn2)CC1. The van der Waals surface area contributed by atoms with Crippen molar-refractivity contribution in [2.24, 2.45) is 5.41 Å². The highest BCUT2D eigenvalue weighted by Gasteiger charge is 2.23. The molecule has 0 bridgehead atoms. The number of carbonyl (C=O) groups is 1. The number of hydrogen-bond acceptors (Lipinski definition) is 6. The van der Waals surface area contributed by atoms with E-state index in [1.807, 2.05) is 17.0 Å². The van der Waals surface area contributed by atoms with Gasteiger partial charge in [0, 0.05) is 44.4 Å². The molecule has 0 unspecified atom stereocenters. The third kappa shape index (κ3) is 4.52. The molecule has 134 valence electrons. The first-order valence-corrected chi connectivity index (χ1v) is 8.65. The van der Waals surface area contributed by atoms with Crippen molar-refractivity contribution in [1.29, 1.82) is 0 Å². The van der Waals surface area contributed by atoms with Gasteiger partial charge in [0.15, 0.2) is 0 Å². The third-order valence-corrected chi connectivity index (χ3v) is 4.39. The smallest absolute Gasteiger partial charge is 0.222 e. The molecule has 2 aromatic heterocycles. The summed E-state index contributed by atoms with van der Waals surface area (Å²) in [7, 11) is 0. The van der Waals surface area contributed by atoms with Crippen molar-refractivity contribution in [2.45, 2.75) is 33.6 Å². The highest BCUT2D eigenvalue weighted by molar-refractivity contribution is 5.76. The van der Waals surface area contributed by atoms with Gasteiger partial charge >= 0.3 is 0 Å². The van der Waals surface area contributed by atoms with Crippen LogP contribution in [-0.4, -0.2) is 62.6 Å². The Morgan fingerprint density at radius 2 is 2.00 bits per heavy atom. The average Bonchev–Trinajstić information content (AvgIpc) is 3.14. The van der Waals surface area contributed by atoms with E-state index in [1.54, 1.807) is 6.20 Å². The van der Waals surface area contributed by atoms with E-state index in [1.165, 1.54) is 0 Å². The zero-order valence-corrected chi connectivity index (χ0v) is 15.1. The minimum Gasteiger partial charge on any atom is -0.353 e. The van der Waals surface area contributed by atoms with Crippen LogP contribution in [0.1, 0.15) is 33.6 Å². The number of aromatic amines is 1. The second-order valence-corrected chi connectivity index (χ2v) is 7.57. The van der Waals surface area contributed by atoms with Crippen LogP contribution in [0.25, 0.3) is 11.4 Å². The van der Waals surface area contributed by atoms with Crippen LogP contribution < -0.4 is 4.90 Å². The quantitative estimate of drug-likeness (QED) is 0.909. The molecule has 0 saturated carbocycles. The fraction of sp³-hybridized carbons (Fsp3) is 0.588. The summed E-state index contributed by atoms with van der Waals surface area (Å²) in [5, 5.41) is 14.1. The van der Waals surface area contributed by atoms with Gasteiger partial charge in [-0.2, -0.15) is 5.21 Å². The van der Waals surface area contributed by atoms with Gasteiger partial charge in [0.25, 0.3) is 0 Å². The van der Waals surface area contributed by atoms with Crippen LogP contribution in [0.15, 0.2) is 18.3 Å². The van der Waals surface area contributed by atoms with Crippen molar-refractivity contribution < 1.29 is 4.79 Å². The first kappa shape index (κ1) is 17.3. The molecule has 0 atom stereocenters. The molecule has 0 aromatic carbocycles. The minimum absolute atomic E-state index is 0.191. The number of anilines is 1. The molecule has 8 nitrogen and oxygen atoms in total. The van der Waals surface area contributed by atoms with Gasteiger partial charge in [-0.25, -0.2) is 4.98 Å². The van der Waals surface area contributed by atoms with E-state index in [0.717, 1.165) is 44.0 Å². The lowest BCUT2D eigenvalue weighted by molar-refractivity contribution is -0.132. The van der Waals surface area contributed by atoms with Gasteiger partial charge in [-0.15, -0.1) is 10.2 Å². The number of rotatable bonds is 4. The van der Waals surface area contributed by atoms with E-state index < -0.39 is 0 Å². The van der Waals surface area contributed by atoms with Gasteiger partial charge in [0.2, 0.25) is 11.7 Å². The predicted molar refractivity (Wildman–Crippen MR) is 94.9 cm³/mol. The zero-order chi connectivity index (χ0) is 17.9. The number of aromatic nitrogens is 5. The molecule has 3 heterocycles. The summed E-state index contributed by atoms with van der Waals surface area (Å²) < 4.78 is 0. The number of piperazine rings is 1. The summed E-state index contributed by atoms with van der Waals surface area (Å²) in [6.45, 7) is 9.53. The number of nitrogens with one attached hydrogen (secondary N) is 1. The maximum atomic E-state index is 12.4. The van der Waals surface area contributed by atoms with Crippen LogP contribution in [0.5, 0.6) is 0 Å². The van der Waals surface area contributed by atoms with Crippen molar-refractivity contribution in [2.75, 3.05) is 31.1 Å². The van der Waals surface area contributed by atoms with E-state index >= 15 is 0 Å². The molecule has 8 heteroatoms. The van der Waals surface area contributed by atoms with Crippen molar-refractivity contribution in [1.82, 2.24) is 30.5 Å². The average molecular weight is 343 g/mol. The number of tetrazole rings is 1. The van der Waals surface area contributed by atoms with Gasteiger partial charge in [-0.3, -0.25) is 4.79 Å². The first-order valence-electron chi connectivity index (χ1n) is 8.65. The number of nitrogens with zero attached hydrogens (tertiary/aromatic N) is 6. The summed E-state index contributed by atoms with van der Waals surface area (Å²) in [6.07, 6.45) is 3.29. The Bertz CT molecular complexity index is 700. The summed E-state index contributed by atoms with van der Waals surface area (Å²) in [5.74, 6) is 1.69. The Hall–Kier alpha value is -2.51. The zero-order valence-electron chi connectivity index (χ0n) is 15.1. The molecule has 25 heavy (non-hydrogen) atoms. The highest BCUT2D eigenvalue weighted by atomic mass is 16.2. The Morgan fingerprint density at radius 1 is 1.24 bits per heavy atom. The van der Waals surface area contributed by atoms with Gasteiger partial charge in [0.05, 0.1) is 0 Å². The van der Waals surface area contributed by atoms with Gasteiger partial charge in [-0.1, -0.05) is 20.8 Å².